The van der Waals surface area contributed by atoms with Gasteiger partial charge in [0.2, 0.25) is 5.82 Å². The van der Waals surface area contributed by atoms with Gasteiger partial charge in [0.15, 0.2) is 0 Å². The average molecular weight is 353 g/mol. The van der Waals surface area contributed by atoms with Crippen LogP contribution in [-0.4, -0.2) is 50.8 Å². The van der Waals surface area contributed by atoms with Crippen LogP contribution in [0.4, 0.5) is 0 Å². The number of nitrogens with zero attached hydrogens (tertiary/aromatic N) is 4. The third-order valence-corrected chi connectivity index (χ3v) is 4.24. The molecule has 26 heavy (non-hydrogen) atoms. The molecule has 8 nitrogen and oxygen atoms in total. The van der Waals surface area contributed by atoms with E-state index in [0.717, 1.165) is 12.0 Å². The first kappa shape index (κ1) is 16.6. The van der Waals surface area contributed by atoms with Gasteiger partial charge in [-0.25, -0.2) is 9.50 Å². The van der Waals surface area contributed by atoms with E-state index in [0.29, 0.717) is 25.6 Å². The highest BCUT2D eigenvalue weighted by molar-refractivity contribution is 5.91. The number of carbonyl (C=O) groups is 1. The molecule has 0 aliphatic carbocycles. The SMILES string of the molecule is O=C(N[C@@H]1COCC[C@@H]1OCc1ccccc1)c1nc2ncccn2n1. The lowest BCUT2D eigenvalue weighted by Crippen LogP contribution is -2.50. The molecule has 3 aromatic rings. The van der Waals surface area contributed by atoms with Crippen molar-refractivity contribution in [1.82, 2.24) is 24.9 Å². The fraction of sp³-hybridized carbons (Fsp3) is 0.333. The van der Waals surface area contributed by atoms with Gasteiger partial charge in [-0.1, -0.05) is 30.3 Å². The zero-order valence-electron chi connectivity index (χ0n) is 14.1. The van der Waals surface area contributed by atoms with Crippen molar-refractivity contribution in [1.29, 1.82) is 0 Å². The van der Waals surface area contributed by atoms with Crippen LogP contribution in [0.5, 0.6) is 0 Å². The van der Waals surface area contributed by atoms with Crippen molar-refractivity contribution in [3.05, 3.63) is 60.2 Å². The summed E-state index contributed by atoms with van der Waals surface area (Å²) in [7, 11) is 0. The van der Waals surface area contributed by atoms with Crippen LogP contribution in [0.15, 0.2) is 48.8 Å². The molecule has 1 amide bonds. The molecule has 2 aromatic heterocycles. The third-order valence-electron chi connectivity index (χ3n) is 4.24. The van der Waals surface area contributed by atoms with E-state index in [1.807, 2.05) is 30.3 Å². The normalized spacial score (nSPS) is 20.2. The predicted molar refractivity (Wildman–Crippen MR) is 92.5 cm³/mol. The van der Waals surface area contributed by atoms with E-state index in [1.54, 1.807) is 18.5 Å². The molecule has 0 unspecified atom stereocenters. The van der Waals surface area contributed by atoms with Crippen LogP contribution >= 0.6 is 0 Å². The van der Waals surface area contributed by atoms with Crippen molar-refractivity contribution in [3.63, 3.8) is 0 Å². The second-order valence-electron chi connectivity index (χ2n) is 6.08. The molecule has 1 saturated heterocycles. The quantitative estimate of drug-likeness (QED) is 0.742. The molecule has 4 rings (SSSR count). The van der Waals surface area contributed by atoms with Gasteiger partial charge in [0.1, 0.15) is 0 Å². The van der Waals surface area contributed by atoms with Crippen LogP contribution in [0.25, 0.3) is 5.78 Å². The standard InChI is InChI=1S/C18H19N5O3/c24-17(16-21-18-19-8-4-9-23(18)22-16)20-14-12-25-10-7-15(14)26-11-13-5-2-1-3-6-13/h1-6,8-9,14-15H,7,10-12H2,(H,20,24)/t14-,15+/m1/s1. The summed E-state index contributed by atoms with van der Waals surface area (Å²) in [5, 5.41) is 7.07. The Kier molecular flexibility index (Phi) is 4.85. The van der Waals surface area contributed by atoms with Crippen LogP contribution in [0, 0.1) is 0 Å². The Labute approximate surface area is 150 Å². The van der Waals surface area contributed by atoms with Crippen LogP contribution in [0.2, 0.25) is 0 Å². The summed E-state index contributed by atoms with van der Waals surface area (Å²) in [5.74, 6) is 0.102. The van der Waals surface area contributed by atoms with E-state index in [1.165, 1.54) is 4.52 Å². The summed E-state index contributed by atoms with van der Waals surface area (Å²) >= 11 is 0. The van der Waals surface area contributed by atoms with Gasteiger partial charge < -0.3 is 14.8 Å². The van der Waals surface area contributed by atoms with E-state index in [2.05, 4.69) is 20.4 Å². The van der Waals surface area contributed by atoms with E-state index >= 15 is 0 Å². The Morgan fingerprint density at radius 2 is 2.19 bits per heavy atom. The largest absolute Gasteiger partial charge is 0.379 e. The Morgan fingerprint density at radius 3 is 3.04 bits per heavy atom. The molecule has 0 radical (unpaired) electrons. The van der Waals surface area contributed by atoms with Gasteiger partial charge in [-0.15, -0.1) is 5.10 Å². The van der Waals surface area contributed by atoms with Gasteiger partial charge in [-0.2, -0.15) is 4.98 Å². The van der Waals surface area contributed by atoms with Crippen molar-refractivity contribution in [3.8, 4) is 0 Å². The van der Waals surface area contributed by atoms with Crippen molar-refractivity contribution in [2.24, 2.45) is 0 Å². The van der Waals surface area contributed by atoms with E-state index in [-0.39, 0.29) is 23.9 Å². The Hall–Kier alpha value is -2.84. The first-order valence-electron chi connectivity index (χ1n) is 8.51. The van der Waals surface area contributed by atoms with Crippen LogP contribution in [0.3, 0.4) is 0 Å². The summed E-state index contributed by atoms with van der Waals surface area (Å²) in [5.41, 5.74) is 1.09. The highest BCUT2D eigenvalue weighted by Crippen LogP contribution is 2.15. The Bertz CT molecular complexity index is 850. The zero-order valence-corrected chi connectivity index (χ0v) is 14.1. The number of ether oxygens (including phenoxy) is 2. The van der Waals surface area contributed by atoms with Gasteiger partial charge in [0, 0.05) is 19.0 Å². The first-order valence-corrected chi connectivity index (χ1v) is 8.51. The van der Waals surface area contributed by atoms with Crippen LogP contribution < -0.4 is 5.32 Å². The number of carbonyl (C=O) groups excluding carboxylic acids is 1. The molecule has 2 atom stereocenters. The molecule has 0 saturated carbocycles. The molecule has 3 heterocycles. The van der Waals surface area contributed by atoms with Crippen LogP contribution in [-0.2, 0) is 16.1 Å². The first-order chi connectivity index (χ1) is 12.8. The molecule has 1 aliphatic heterocycles. The maximum atomic E-state index is 12.5. The second-order valence-corrected chi connectivity index (χ2v) is 6.08. The zero-order chi connectivity index (χ0) is 17.8. The molecule has 134 valence electrons. The summed E-state index contributed by atoms with van der Waals surface area (Å²) in [6.45, 7) is 1.51. The minimum atomic E-state index is -0.362. The van der Waals surface area contributed by atoms with E-state index in [9.17, 15) is 4.79 Å². The van der Waals surface area contributed by atoms with Crippen molar-refractivity contribution in [2.75, 3.05) is 13.2 Å². The molecule has 1 aromatic carbocycles. The summed E-state index contributed by atoms with van der Waals surface area (Å²) in [6.07, 6.45) is 3.90. The van der Waals surface area contributed by atoms with E-state index in [4.69, 9.17) is 9.47 Å². The molecule has 1 N–H and O–H groups in total. The smallest absolute Gasteiger partial charge is 0.291 e. The van der Waals surface area contributed by atoms with Crippen molar-refractivity contribution < 1.29 is 14.3 Å². The van der Waals surface area contributed by atoms with Gasteiger partial charge in [0.25, 0.3) is 11.7 Å². The molecule has 0 spiro atoms. The molecular formula is C18H19N5O3. The fourth-order valence-electron chi connectivity index (χ4n) is 2.89. The molecule has 8 heteroatoms. The van der Waals surface area contributed by atoms with Gasteiger partial charge in [-0.05, 0) is 18.1 Å². The average Bonchev–Trinajstić information content (AvgIpc) is 3.12. The second kappa shape index (κ2) is 7.59. The maximum Gasteiger partial charge on any atom is 0.291 e. The minimum Gasteiger partial charge on any atom is -0.379 e. The minimum absolute atomic E-state index is 0.0797. The molecule has 1 aliphatic rings. The lowest BCUT2D eigenvalue weighted by molar-refractivity contribution is -0.0605. The number of aromatic nitrogens is 4. The number of amides is 1. The number of hydrogen-bond acceptors (Lipinski definition) is 6. The number of nitrogens with one attached hydrogen (secondary N) is 1. The number of rotatable bonds is 5. The van der Waals surface area contributed by atoms with Crippen molar-refractivity contribution >= 4 is 11.7 Å². The summed E-state index contributed by atoms with van der Waals surface area (Å²) < 4.78 is 13.0. The monoisotopic (exact) mass is 353 g/mol. The fourth-order valence-corrected chi connectivity index (χ4v) is 2.89. The van der Waals surface area contributed by atoms with Gasteiger partial charge in [-0.3, -0.25) is 4.79 Å². The lowest BCUT2D eigenvalue weighted by Gasteiger charge is -2.31. The number of fused-ring (bicyclic) bond motifs is 1. The van der Waals surface area contributed by atoms with Crippen LogP contribution in [0.1, 0.15) is 22.6 Å². The molecular weight excluding hydrogens is 334 g/mol. The van der Waals surface area contributed by atoms with E-state index < -0.39 is 0 Å². The lowest BCUT2D eigenvalue weighted by atomic mass is 10.1. The van der Waals surface area contributed by atoms with Crippen molar-refractivity contribution in [2.45, 2.75) is 25.2 Å². The number of hydrogen-bond donors (Lipinski definition) is 1. The Balaban J connectivity index is 1.41. The third kappa shape index (κ3) is 3.71. The van der Waals surface area contributed by atoms with Gasteiger partial charge in [0.05, 0.1) is 25.4 Å². The Morgan fingerprint density at radius 1 is 1.31 bits per heavy atom. The summed E-state index contributed by atoms with van der Waals surface area (Å²) in [4.78, 5) is 20.7. The topological polar surface area (TPSA) is 90.6 Å². The number of benzene rings is 1. The van der Waals surface area contributed by atoms with Gasteiger partial charge >= 0.3 is 0 Å². The summed E-state index contributed by atoms with van der Waals surface area (Å²) in [6, 6.07) is 11.4. The maximum absolute atomic E-state index is 12.5. The predicted octanol–water partition coefficient (Wildman–Crippen LogP) is 1.23. The highest BCUT2D eigenvalue weighted by atomic mass is 16.5. The molecule has 0 bridgehead atoms. The molecule has 1 fully saturated rings. The highest BCUT2D eigenvalue weighted by Gasteiger charge is 2.29.